The molecule has 0 aromatic heterocycles. The summed E-state index contributed by atoms with van der Waals surface area (Å²) in [5.41, 5.74) is 10.4. The van der Waals surface area contributed by atoms with Crippen molar-refractivity contribution in [1.82, 2.24) is 5.01 Å². The van der Waals surface area contributed by atoms with E-state index in [1.165, 1.54) is 11.1 Å². The number of benzene rings is 2. The van der Waals surface area contributed by atoms with Crippen LogP contribution in [0.15, 0.2) is 59.7 Å². The fourth-order valence-electron chi connectivity index (χ4n) is 2.57. The number of hydrazone groups is 1. The summed E-state index contributed by atoms with van der Waals surface area (Å²) in [6, 6.07) is 18.7. The average molecular weight is 295 g/mol. The molecule has 0 saturated carbocycles. The van der Waals surface area contributed by atoms with Gasteiger partial charge in [0.05, 0.1) is 11.8 Å². The summed E-state index contributed by atoms with van der Waals surface area (Å²) in [6.45, 7) is 2.08. The zero-order valence-corrected chi connectivity index (χ0v) is 12.7. The van der Waals surface area contributed by atoms with E-state index in [0.717, 1.165) is 17.7 Å². The monoisotopic (exact) mass is 295 g/mol. The first-order valence-corrected chi connectivity index (χ1v) is 7.34. The molecule has 3 rings (SSSR count). The molecular formula is C17H17N3S. The molecule has 106 valence electrons. The van der Waals surface area contributed by atoms with Crippen LogP contribution in [0.1, 0.15) is 29.2 Å². The molecule has 2 aromatic carbocycles. The molecule has 21 heavy (non-hydrogen) atoms. The summed E-state index contributed by atoms with van der Waals surface area (Å²) in [5.74, 6) is 0. The molecular weight excluding hydrogens is 278 g/mol. The van der Waals surface area contributed by atoms with Gasteiger partial charge < -0.3 is 5.73 Å². The van der Waals surface area contributed by atoms with Crippen LogP contribution in [0, 0.1) is 6.92 Å². The maximum Gasteiger partial charge on any atom is 0.187 e. The van der Waals surface area contributed by atoms with Crippen molar-refractivity contribution in [3.05, 3.63) is 71.3 Å². The Morgan fingerprint density at radius 1 is 1.14 bits per heavy atom. The predicted octanol–water partition coefficient (Wildman–Crippen LogP) is 3.39. The normalized spacial score (nSPS) is 17.7. The second kappa shape index (κ2) is 5.66. The molecule has 0 aliphatic carbocycles. The van der Waals surface area contributed by atoms with Gasteiger partial charge in [-0.25, -0.2) is 5.01 Å². The topological polar surface area (TPSA) is 41.6 Å². The van der Waals surface area contributed by atoms with E-state index in [0.29, 0.717) is 5.11 Å². The molecule has 2 aromatic rings. The second-order valence-corrected chi connectivity index (χ2v) is 5.64. The van der Waals surface area contributed by atoms with Crippen molar-refractivity contribution < 1.29 is 0 Å². The van der Waals surface area contributed by atoms with Gasteiger partial charge in [-0.1, -0.05) is 60.2 Å². The van der Waals surface area contributed by atoms with Crippen molar-refractivity contribution in [1.29, 1.82) is 0 Å². The third-order valence-electron chi connectivity index (χ3n) is 3.71. The van der Waals surface area contributed by atoms with Gasteiger partial charge in [0, 0.05) is 6.42 Å². The van der Waals surface area contributed by atoms with Crippen LogP contribution in [0.2, 0.25) is 0 Å². The molecule has 0 fully saturated rings. The Balaban J connectivity index is 1.93. The van der Waals surface area contributed by atoms with Gasteiger partial charge in [0.1, 0.15) is 0 Å². The van der Waals surface area contributed by atoms with Gasteiger partial charge >= 0.3 is 0 Å². The third kappa shape index (κ3) is 2.81. The van der Waals surface area contributed by atoms with E-state index >= 15 is 0 Å². The first-order chi connectivity index (χ1) is 10.1. The lowest BCUT2D eigenvalue weighted by atomic mass is 9.98. The first-order valence-electron chi connectivity index (χ1n) is 6.93. The SMILES string of the molecule is Cc1ccc(C2=NN(C(N)=S)C(c3ccccc3)C2)cc1. The Hall–Kier alpha value is -2.20. The lowest BCUT2D eigenvalue weighted by molar-refractivity contribution is 0.373. The van der Waals surface area contributed by atoms with Gasteiger partial charge in [-0.3, -0.25) is 0 Å². The zero-order valence-electron chi connectivity index (χ0n) is 11.9. The zero-order chi connectivity index (χ0) is 14.8. The largest absolute Gasteiger partial charge is 0.375 e. The number of hydrogen-bond donors (Lipinski definition) is 1. The minimum absolute atomic E-state index is 0.0833. The highest BCUT2D eigenvalue weighted by Gasteiger charge is 2.30. The van der Waals surface area contributed by atoms with E-state index in [4.69, 9.17) is 18.0 Å². The summed E-state index contributed by atoms with van der Waals surface area (Å²) in [6.07, 6.45) is 0.810. The van der Waals surface area contributed by atoms with Crippen molar-refractivity contribution in [2.45, 2.75) is 19.4 Å². The molecule has 0 saturated heterocycles. The van der Waals surface area contributed by atoms with Crippen molar-refractivity contribution in [3.8, 4) is 0 Å². The fourth-order valence-corrected chi connectivity index (χ4v) is 2.74. The van der Waals surface area contributed by atoms with E-state index in [1.807, 2.05) is 18.2 Å². The van der Waals surface area contributed by atoms with Crippen LogP contribution < -0.4 is 5.73 Å². The summed E-state index contributed by atoms with van der Waals surface area (Å²) in [5, 5.41) is 6.69. The molecule has 3 nitrogen and oxygen atoms in total. The van der Waals surface area contributed by atoms with Crippen LogP contribution in [-0.2, 0) is 0 Å². The Morgan fingerprint density at radius 2 is 1.81 bits per heavy atom. The molecule has 2 N–H and O–H groups in total. The molecule has 1 aliphatic heterocycles. The van der Waals surface area contributed by atoms with Crippen molar-refractivity contribution >= 4 is 23.0 Å². The van der Waals surface area contributed by atoms with Crippen LogP contribution in [0.5, 0.6) is 0 Å². The van der Waals surface area contributed by atoms with Crippen molar-refractivity contribution in [3.63, 3.8) is 0 Å². The molecule has 1 atom stereocenters. The Bertz CT molecular complexity index is 677. The number of rotatable bonds is 2. The van der Waals surface area contributed by atoms with Gasteiger partial charge in [-0.15, -0.1) is 0 Å². The number of hydrogen-bond acceptors (Lipinski definition) is 2. The predicted molar refractivity (Wildman–Crippen MR) is 90.1 cm³/mol. The number of nitrogens with zero attached hydrogens (tertiary/aromatic N) is 2. The van der Waals surface area contributed by atoms with Gasteiger partial charge in [0.25, 0.3) is 0 Å². The van der Waals surface area contributed by atoms with E-state index in [2.05, 4.69) is 48.4 Å². The van der Waals surface area contributed by atoms with Gasteiger partial charge in [0.2, 0.25) is 0 Å². The highest BCUT2D eigenvalue weighted by molar-refractivity contribution is 7.80. The van der Waals surface area contributed by atoms with Crippen molar-refractivity contribution in [2.24, 2.45) is 10.8 Å². The average Bonchev–Trinajstić information content (AvgIpc) is 2.94. The van der Waals surface area contributed by atoms with E-state index in [-0.39, 0.29) is 6.04 Å². The quantitative estimate of drug-likeness (QED) is 0.864. The molecule has 4 heteroatoms. The van der Waals surface area contributed by atoms with Crippen LogP contribution >= 0.6 is 12.2 Å². The number of aryl methyl sites for hydroxylation is 1. The van der Waals surface area contributed by atoms with E-state index in [1.54, 1.807) is 5.01 Å². The summed E-state index contributed by atoms with van der Waals surface area (Å²) < 4.78 is 0. The Morgan fingerprint density at radius 3 is 2.43 bits per heavy atom. The molecule has 0 spiro atoms. The van der Waals surface area contributed by atoms with Crippen LogP contribution in [0.25, 0.3) is 0 Å². The summed E-state index contributed by atoms with van der Waals surface area (Å²) in [4.78, 5) is 0. The van der Waals surface area contributed by atoms with Crippen LogP contribution in [0.3, 0.4) is 0 Å². The minimum atomic E-state index is 0.0833. The second-order valence-electron chi connectivity index (χ2n) is 5.23. The first kappa shape index (κ1) is 13.8. The Labute approximate surface area is 130 Å². The number of nitrogens with two attached hydrogens (primary N) is 1. The maximum atomic E-state index is 5.84. The molecule has 0 bridgehead atoms. The van der Waals surface area contributed by atoms with Gasteiger partial charge in [0.15, 0.2) is 5.11 Å². The minimum Gasteiger partial charge on any atom is -0.375 e. The Kier molecular flexibility index (Phi) is 3.71. The summed E-state index contributed by atoms with van der Waals surface area (Å²) in [7, 11) is 0. The highest BCUT2D eigenvalue weighted by Crippen LogP contribution is 2.32. The molecule has 0 radical (unpaired) electrons. The van der Waals surface area contributed by atoms with Gasteiger partial charge in [-0.05, 0) is 30.3 Å². The summed E-state index contributed by atoms with van der Waals surface area (Å²) >= 11 is 5.15. The third-order valence-corrected chi connectivity index (χ3v) is 3.89. The number of thiocarbonyl (C=S) groups is 1. The van der Waals surface area contributed by atoms with Crippen LogP contribution in [-0.4, -0.2) is 15.8 Å². The van der Waals surface area contributed by atoms with Crippen LogP contribution in [0.4, 0.5) is 0 Å². The van der Waals surface area contributed by atoms with E-state index in [9.17, 15) is 0 Å². The molecule has 1 heterocycles. The lowest BCUT2D eigenvalue weighted by Crippen LogP contribution is -2.31. The molecule has 0 amide bonds. The highest BCUT2D eigenvalue weighted by atomic mass is 32.1. The lowest BCUT2D eigenvalue weighted by Gasteiger charge is -2.21. The maximum absolute atomic E-state index is 5.84. The smallest absolute Gasteiger partial charge is 0.187 e. The van der Waals surface area contributed by atoms with Crippen molar-refractivity contribution in [2.75, 3.05) is 0 Å². The standard InChI is InChI=1S/C17H17N3S/c1-12-7-9-13(10-8-12)15-11-16(20(19-15)17(18)21)14-5-3-2-4-6-14/h2-10,16H,11H2,1H3,(H2,18,21). The fraction of sp³-hybridized carbons (Fsp3) is 0.176. The van der Waals surface area contributed by atoms with Gasteiger partial charge in [-0.2, -0.15) is 5.10 Å². The molecule has 1 unspecified atom stereocenters. The van der Waals surface area contributed by atoms with E-state index < -0.39 is 0 Å². The molecule has 1 aliphatic rings.